The molecule has 3 heteroatoms. The highest BCUT2D eigenvalue weighted by atomic mass is 16.3. The number of pyridine rings is 2. The first kappa shape index (κ1) is 17.9. The van der Waals surface area contributed by atoms with Gasteiger partial charge in [0.15, 0.2) is 11.8 Å². The average molecular weight is 381 g/mol. The monoisotopic (exact) mass is 381 g/mol. The van der Waals surface area contributed by atoms with Crippen LogP contribution in [0.2, 0.25) is 0 Å². The van der Waals surface area contributed by atoms with Crippen molar-refractivity contribution in [1.29, 1.82) is 0 Å². The summed E-state index contributed by atoms with van der Waals surface area (Å²) in [6, 6.07) is 17.1. The van der Waals surface area contributed by atoms with Gasteiger partial charge in [-0.15, -0.1) is 0 Å². The van der Waals surface area contributed by atoms with Gasteiger partial charge in [0.1, 0.15) is 7.05 Å². The van der Waals surface area contributed by atoms with Crippen molar-refractivity contribution in [3.63, 3.8) is 0 Å². The van der Waals surface area contributed by atoms with E-state index in [0.29, 0.717) is 5.71 Å². The second-order valence-electron chi connectivity index (χ2n) is 8.87. The summed E-state index contributed by atoms with van der Waals surface area (Å²) < 4.78 is 8.57. The van der Waals surface area contributed by atoms with E-state index in [0.717, 1.165) is 27.6 Å². The van der Waals surface area contributed by atoms with E-state index in [9.17, 15) is 0 Å². The number of furan rings is 1. The Hall–Kier alpha value is -3.20. The van der Waals surface area contributed by atoms with Gasteiger partial charge in [0.25, 0.3) is 0 Å². The third kappa shape index (κ3) is 2.65. The number of hydrogen-bond acceptors (Lipinski definition) is 2. The van der Waals surface area contributed by atoms with Gasteiger partial charge in [0.05, 0.1) is 5.56 Å². The summed E-state index contributed by atoms with van der Waals surface area (Å²) in [5.74, 6) is 0. The molecular formula is C26H25N2O+. The van der Waals surface area contributed by atoms with Crippen molar-refractivity contribution in [3.05, 3.63) is 72.1 Å². The largest absolute Gasteiger partial charge is 0.437 e. The number of nitrogens with zero attached hydrogens (tertiary/aromatic N) is 2. The Bertz CT molecular complexity index is 1400. The molecule has 0 aliphatic heterocycles. The summed E-state index contributed by atoms with van der Waals surface area (Å²) in [4.78, 5) is 4.49. The van der Waals surface area contributed by atoms with E-state index in [1.807, 2.05) is 6.07 Å². The van der Waals surface area contributed by atoms with Gasteiger partial charge in [-0.25, -0.2) is 9.55 Å². The summed E-state index contributed by atoms with van der Waals surface area (Å²) in [5.41, 5.74) is 6.52. The molecule has 3 heterocycles. The van der Waals surface area contributed by atoms with Crippen LogP contribution in [0, 0.1) is 6.92 Å². The van der Waals surface area contributed by atoms with Crippen LogP contribution in [0.25, 0.3) is 44.1 Å². The van der Waals surface area contributed by atoms with Crippen molar-refractivity contribution in [2.24, 2.45) is 7.05 Å². The molecule has 0 aliphatic rings. The summed E-state index contributed by atoms with van der Waals surface area (Å²) in [6.45, 7) is 8.92. The van der Waals surface area contributed by atoms with Crippen LogP contribution < -0.4 is 4.57 Å². The van der Waals surface area contributed by atoms with Crippen molar-refractivity contribution < 1.29 is 8.98 Å². The molecule has 0 saturated carbocycles. The zero-order valence-electron chi connectivity index (χ0n) is 17.6. The molecule has 5 rings (SSSR count). The van der Waals surface area contributed by atoms with E-state index in [1.165, 1.54) is 21.9 Å². The fourth-order valence-corrected chi connectivity index (χ4v) is 4.33. The highest BCUT2D eigenvalue weighted by molar-refractivity contribution is 6.22. The fourth-order valence-electron chi connectivity index (χ4n) is 4.33. The lowest BCUT2D eigenvalue weighted by Crippen LogP contribution is -2.33. The molecule has 3 nitrogen and oxygen atoms in total. The van der Waals surface area contributed by atoms with E-state index in [2.05, 4.69) is 93.0 Å². The predicted molar refractivity (Wildman–Crippen MR) is 119 cm³/mol. The van der Waals surface area contributed by atoms with Gasteiger partial charge in [-0.3, -0.25) is 0 Å². The minimum Gasteiger partial charge on any atom is -0.437 e. The third-order valence-corrected chi connectivity index (χ3v) is 5.92. The summed E-state index contributed by atoms with van der Waals surface area (Å²) in [6.07, 6.45) is 4.02. The number of hydrogen-bond donors (Lipinski definition) is 0. The molecular weight excluding hydrogens is 356 g/mol. The van der Waals surface area contributed by atoms with Crippen LogP contribution in [-0.2, 0) is 12.5 Å². The lowest BCUT2D eigenvalue weighted by Gasteiger charge is -2.18. The van der Waals surface area contributed by atoms with Gasteiger partial charge in [-0.05, 0) is 46.9 Å². The molecule has 144 valence electrons. The molecule has 2 aromatic carbocycles. The number of fused-ring (bicyclic) bond motifs is 5. The number of benzene rings is 2. The molecule has 0 unspecified atom stereocenters. The molecule has 0 aliphatic carbocycles. The molecule has 29 heavy (non-hydrogen) atoms. The molecule has 0 amide bonds. The predicted octanol–water partition coefficient (Wildman–Crippen LogP) is 6.23. The van der Waals surface area contributed by atoms with Crippen LogP contribution in [0.15, 0.2) is 65.3 Å². The molecule has 0 radical (unpaired) electrons. The van der Waals surface area contributed by atoms with Crippen molar-refractivity contribution in [3.8, 4) is 11.3 Å². The molecule has 0 N–H and O–H groups in total. The second-order valence-corrected chi connectivity index (χ2v) is 8.87. The minimum absolute atomic E-state index is 0.104. The summed E-state index contributed by atoms with van der Waals surface area (Å²) in [5, 5.41) is 4.67. The summed E-state index contributed by atoms with van der Waals surface area (Å²) >= 11 is 0. The fraction of sp³-hybridized carbons (Fsp3) is 0.231. The molecule has 0 fully saturated rings. The first-order chi connectivity index (χ1) is 13.9. The van der Waals surface area contributed by atoms with Crippen molar-refractivity contribution in [2.45, 2.75) is 33.1 Å². The van der Waals surface area contributed by atoms with Crippen LogP contribution >= 0.6 is 0 Å². The maximum Gasteiger partial charge on any atom is 0.227 e. The van der Waals surface area contributed by atoms with E-state index in [1.54, 1.807) is 6.20 Å². The summed E-state index contributed by atoms with van der Waals surface area (Å²) in [7, 11) is 2.12. The highest BCUT2D eigenvalue weighted by Gasteiger charge is 2.25. The number of aromatic nitrogens is 2. The molecule has 0 atom stereocenters. The van der Waals surface area contributed by atoms with Crippen molar-refractivity contribution in [1.82, 2.24) is 4.98 Å². The van der Waals surface area contributed by atoms with Gasteiger partial charge >= 0.3 is 0 Å². The van der Waals surface area contributed by atoms with Gasteiger partial charge in [-0.1, -0.05) is 45.0 Å². The van der Waals surface area contributed by atoms with Crippen LogP contribution in [0.5, 0.6) is 0 Å². The van der Waals surface area contributed by atoms with Gasteiger partial charge in [0.2, 0.25) is 11.4 Å². The number of rotatable bonds is 1. The zero-order valence-corrected chi connectivity index (χ0v) is 17.6. The first-order valence-corrected chi connectivity index (χ1v) is 10.1. The average Bonchev–Trinajstić information content (AvgIpc) is 3.07. The number of aryl methyl sites for hydroxylation is 2. The van der Waals surface area contributed by atoms with E-state index in [4.69, 9.17) is 4.42 Å². The standard InChI is InChI=1S/C26H25N2O/c1-16-18-9-6-7-10-19(18)23-20-11-8-14-27-25(20)29-24(23)22(16)21-13-12-17(15-28(21)5)26(2,3)4/h6-15H,1-5H3/q+1. The maximum atomic E-state index is 6.35. The Morgan fingerprint density at radius 2 is 1.62 bits per heavy atom. The Kier molecular flexibility index (Phi) is 3.79. The smallest absolute Gasteiger partial charge is 0.227 e. The Morgan fingerprint density at radius 3 is 2.34 bits per heavy atom. The van der Waals surface area contributed by atoms with Crippen LogP contribution in [-0.4, -0.2) is 4.98 Å². The van der Waals surface area contributed by atoms with Gasteiger partial charge in [-0.2, -0.15) is 0 Å². The topological polar surface area (TPSA) is 29.9 Å². The van der Waals surface area contributed by atoms with Gasteiger partial charge < -0.3 is 4.42 Å². The Labute approximate surface area is 170 Å². The zero-order chi connectivity index (χ0) is 20.3. The molecule has 3 aromatic heterocycles. The van der Waals surface area contributed by atoms with Crippen LogP contribution in [0.4, 0.5) is 0 Å². The first-order valence-electron chi connectivity index (χ1n) is 10.1. The van der Waals surface area contributed by atoms with Crippen molar-refractivity contribution in [2.75, 3.05) is 0 Å². The van der Waals surface area contributed by atoms with E-state index in [-0.39, 0.29) is 5.41 Å². The molecule has 0 spiro atoms. The van der Waals surface area contributed by atoms with Crippen LogP contribution in [0.1, 0.15) is 31.9 Å². The third-order valence-electron chi connectivity index (χ3n) is 5.92. The lowest BCUT2D eigenvalue weighted by atomic mass is 9.87. The Balaban J connectivity index is 1.95. The highest BCUT2D eigenvalue weighted by Crippen LogP contribution is 2.42. The second kappa shape index (κ2) is 6.15. The quantitative estimate of drug-likeness (QED) is 0.322. The lowest BCUT2D eigenvalue weighted by molar-refractivity contribution is -0.661. The van der Waals surface area contributed by atoms with Crippen LogP contribution in [0.3, 0.4) is 0 Å². The van der Waals surface area contributed by atoms with Gasteiger partial charge in [0, 0.05) is 28.6 Å². The Morgan fingerprint density at radius 1 is 0.897 bits per heavy atom. The maximum absolute atomic E-state index is 6.35. The molecule has 0 saturated heterocycles. The van der Waals surface area contributed by atoms with E-state index < -0.39 is 0 Å². The normalized spacial score (nSPS) is 12.3. The molecule has 0 bridgehead atoms. The molecule has 5 aromatic rings. The SMILES string of the molecule is Cc1c(-c2ccc(C(C)(C)C)c[n+]2C)c2oc3ncccc3c2c2ccccc12. The van der Waals surface area contributed by atoms with E-state index >= 15 is 0 Å². The van der Waals surface area contributed by atoms with Crippen molar-refractivity contribution >= 4 is 32.8 Å². The minimum atomic E-state index is 0.104.